The molecule has 2 aromatic carbocycles. The molecule has 32 heavy (non-hydrogen) atoms. The number of nitrogens with zero attached hydrogens (tertiary/aromatic N) is 3. The molecule has 0 saturated heterocycles. The fraction of sp³-hybridized carbons (Fsp3) is 0.269. The third-order valence-electron chi connectivity index (χ3n) is 6.30. The van der Waals surface area contributed by atoms with Crippen LogP contribution in [0.5, 0.6) is 0 Å². The number of carbonyl (C=O) groups excluding carboxylic acids is 1. The Morgan fingerprint density at radius 2 is 1.75 bits per heavy atom. The Morgan fingerprint density at radius 1 is 1.03 bits per heavy atom. The van der Waals surface area contributed by atoms with Gasteiger partial charge in [-0.2, -0.15) is 5.10 Å². The molecule has 0 bridgehead atoms. The van der Waals surface area contributed by atoms with Gasteiger partial charge in [0, 0.05) is 11.9 Å². The van der Waals surface area contributed by atoms with E-state index in [-0.39, 0.29) is 5.91 Å². The van der Waals surface area contributed by atoms with Crippen molar-refractivity contribution in [3.8, 4) is 5.69 Å². The highest BCUT2D eigenvalue weighted by Gasteiger charge is 2.20. The third-order valence-corrected chi connectivity index (χ3v) is 6.69. The van der Waals surface area contributed by atoms with Gasteiger partial charge in [-0.1, -0.05) is 61.2 Å². The number of nitrogens with one attached hydrogen (secondary N) is 1. The topological polar surface area (TPSA) is 59.8 Å². The van der Waals surface area contributed by atoms with Crippen LogP contribution in [0.3, 0.4) is 0 Å². The number of benzene rings is 2. The molecule has 0 radical (unpaired) electrons. The molecule has 0 unspecified atom stereocenters. The molecule has 1 saturated carbocycles. The molecule has 1 fully saturated rings. The highest BCUT2D eigenvalue weighted by Crippen LogP contribution is 2.33. The van der Waals surface area contributed by atoms with Crippen LogP contribution in [-0.2, 0) is 0 Å². The van der Waals surface area contributed by atoms with Gasteiger partial charge in [0.2, 0.25) is 0 Å². The number of amides is 1. The first-order chi connectivity index (χ1) is 15.6. The van der Waals surface area contributed by atoms with E-state index in [1.807, 2.05) is 49.4 Å². The number of rotatable bonds is 4. The summed E-state index contributed by atoms with van der Waals surface area (Å²) >= 11 is 6.68. The summed E-state index contributed by atoms with van der Waals surface area (Å²) in [4.78, 5) is 17.5. The molecule has 1 aliphatic carbocycles. The molecule has 162 valence electrons. The van der Waals surface area contributed by atoms with Gasteiger partial charge in [0.1, 0.15) is 0 Å². The van der Waals surface area contributed by atoms with E-state index < -0.39 is 0 Å². The maximum absolute atomic E-state index is 13.0. The zero-order valence-electron chi connectivity index (χ0n) is 18.0. The van der Waals surface area contributed by atoms with Crippen molar-refractivity contribution in [2.75, 3.05) is 5.32 Å². The lowest BCUT2D eigenvalue weighted by Crippen LogP contribution is -2.13. The molecule has 2 heterocycles. The van der Waals surface area contributed by atoms with Crippen LogP contribution in [0.15, 0.2) is 60.8 Å². The quantitative estimate of drug-likeness (QED) is 0.381. The number of aromatic nitrogens is 3. The second kappa shape index (κ2) is 8.75. The molecule has 0 atom stereocenters. The van der Waals surface area contributed by atoms with Gasteiger partial charge in [-0.25, -0.2) is 9.67 Å². The molecule has 1 amide bonds. The smallest absolute Gasteiger partial charge is 0.258 e. The Bertz CT molecular complexity index is 1260. The van der Waals surface area contributed by atoms with Gasteiger partial charge in [0.05, 0.1) is 27.4 Å². The Morgan fingerprint density at radius 3 is 2.47 bits per heavy atom. The van der Waals surface area contributed by atoms with Crippen molar-refractivity contribution in [2.45, 2.75) is 44.9 Å². The van der Waals surface area contributed by atoms with E-state index in [2.05, 4.69) is 27.5 Å². The molecule has 5 nitrogen and oxygen atoms in total. The van der Waals surface area contributed by atoms with Crippen molar-refractivity contribution >= 4 is 34.2 Å². The van der Waals surface area contributed by atoms with Crippen LogP contribution in [0.1, 0.15) is 59.6 Å². The van der Waals surface area contributed by atoms with Crippen molar-refractivity contribution in [1.29, 1.82) is 0 Å². The number of halogens is 1. The molecule has 1 aliphatic rings. The van der Waals surface area contributed by atoms with E-state index >= 15 is 0 Å². The molecular weight excluding hydrogens is 420 g/mol. The van der Waals surface area contributed by atoms with E-state index in [9.17, 15) is 4.79 Å². The summed E-state index contributed by atoms with van der Waals surface area (Å²) in [6.07, 6.45) is 7.98. The van der Waals surface area contributed by atoms with E-state index in [1.165, 1.54) is 43.9 Å². The fourth-order valence-corrected chi connectivity index (χ4v) is 4.94. The summed E-state index contributed by atoms with van der Waals surface area (Å²) < 4.78 is 1.75. The second-order valence-electron chi connectivity index (χ2n) is 8.43. The SMILES string of the molecule is Cc1nn(-c2ccccc2)c2ncc(C(=O)Nc3ccc(C4CCCCC4)cc3)c(Cl)c12. The maximum atomic E-state index is 13.0. The molecule has 1 N–H and O–H groups in total. The number of aryl methyl sites for hydroxylation is 1. The monoisotopic (exact) mass is 444 g/mol. The first kappa shape index (κ1) is 20.7. The third kappa shape index (κ3) is 3.89. The Kier molecular flexibility index (Phi) is 5.66. The number of pyridine rings is 1. The first-order valence-electron chi connectivity index (χ1n) is 11.1. The highest BCUT2D eigenvalue weighted by molar-refractivity contribution is 6.39. The summed E-state index contributed by atoms with van der Waals surface area (Å²) in [7, 11) is 0. The van der Waals surface area contributed by atoms with Crippen molar-refractivity contribution in [1.82, 2.24) is 14.8 Å². The standard InChI is InChI=1S/C26H25ClN4O/c1-17-23-24(27)22(16-28-25(23)31(30-17)21-10-6-3-7-11-21)26(32)29-20-14-12-19(13-15-20)18-8-4-2-5-9-18/h3,6-7,10-16,18H,2,4-5,8-9H2,1H3,(H,29,32). The first-order valence-corrected chi connectivity index (χ1v) is 11.5. The second-order valence-corrected chi connectivity index (χ2v) is 8.81. The lowest BCUT2D eigenvalue weighted by Gasteiger charge is -2.22. The summed E-state index contributed by atoms with van der Waals surface area (Å²) in [5.41, 5.74) is 4.70. The summed E-state index contributed by atoms with van der Waals surface area (Å²) in [6.45, 7) is 1.88. The number of fused-ring (bicyclic) bond motifs is 1. The van der Waals surface area contributed by atoms with Crippen LogP contribution in [0, 0.1) is 6.92 Å². The van der Waals surface area contributed by atoms with Crippen LogP contribution < -0.4 is 5.32 Å². The van der Waals surface area contributed by atoms with Gasteiger partial charge in [0.25, 0.3) is 5.91 Å². The number of carbonyl (C=O) groups is 1. The van der Waals surface area contributed by atoms with Gasteiger partial charge in [-0.05, 0) is 55.5 Å². The van der Waals surface area contributed by atoms with E-state index in [0.29, 0.717) is 27.5 Å². The van der Waals surface area contributed by atoms with Crippen LogP contribution in [-0.4, -0.2) is 20.7 Å². The van der Waals surface area contributed by atoms with Gasteiger partial charge < -0.3 is 5.32 Å². The minimum Gasteiger partial charge on any atom is -0.322 e. The summed E-state index contributed by atoms with van der Waals surface area (Å²) in [5.74, 6) is 0.361. The molecule has 2 aromatic heterocycles. The molecule has 0 spiro atoms. The zero-order valence-corrected chi connectivity index (χ0v) is 18.8. The normalized spacial score (nSPS) is 14.6. The Labute approximate surface area is 192 Å². The predicted molar refractivity (Wildman–Crippen MR) is 129 cm³/mol. The van der Waals surface area contributed by atoms with Crippen molar-refractivity contribution < 1.29 is 4.79 Å². The average Bonchev–Trinajstić information content (AvgIpc) is 3.18. The minimum atomic E-state index is -0.276. The molecule has 6 heteroatoms. The number of para-hydroxylation sites is 1. The average molecular weight is 445 g/mol. The van der Waals surface area contributed by atoms with E-state index in [0.717, 1.165) is 17.1 Å². The van der Waals surface area contributed by atoms with Gasteiger partial charge in [-0.3, -0.25) is 4.79 Å². The molecule has 0 aliphatic heterocycles. The summed E-state index contributed by atoms with van der Waals surface area (Å²) in [5, 5.41) is 8.62. The van der Waals surface area contributed by atoms with Crippen molar-refractivity contribution in [2.24, 2.45) is 0 Å². The number of hydrogen-bond acceptors (Lipinski definition) is 3. The maximum Gasteiger partial charge on any atom is 0.258 e. The zero-order chi connectivity index (χ0) is 22.1. The van der Waals surface area contributed by atoms with Gasteiger partial charge in [0.15, 0.2) is 5.65 Å². The van der Waals surface area contributed by atoms with Crippen LogP contribution in [0.4, 0.5) is 5.69 Å². The fourth-order valence-electron chi connectivity index (χ4n) is 4.59. The van der Waals surface area contributed by atoms with Gasteiger partial charge >= 0.3 is 0 Å². The minimum absolute atomic E-state index is 0.276. The number of anilines is 1. The largest absolute Gasteiger partial charge is 0.322 e. The van der Waals surface area contributed by atoms with Crippen molar-refractivity contribution in [3.05, 3.63) is 82.6 Å². The van der Waals surface area contributed by atoms with Gasteiger partial charge in [-0.15, -0.1) is 0 Å². The van der Waals surface area contributed by atoms with E-state index in [4.69, 9.17) is 11.6 Å². The van der Waals surface area contributed by atoms with Crippen LogP contribution in [0.2, 0.25) is 5.02 Å². The Hall–Kier alpha value is -3.18. The molecular formula is C26H25ClN4O. The Balaban J connectivity index is 1.40. The lowest BCUT2D eigenvalue weighted by molar-refractivity contribution is 0.102. The molecule has 5 rings (SSSR count). The van der Waals surface area contributed by atoms with Crippen LogP contribution >= 0.6 is 11.6 Å². The lowest BCUT2D eigenvalue weighted by atomic mass is 9.84. The predicted octanol–water partition coefficient (Wildman–Crippen LogP) is 6.68. The number of hydrogen-bond donors (Lipinski definition) is 1. The summed E-state index contributed by atoms with van der Waals surface area (Å²) in [6, 6.07) is 18.0. The highest BCUT2D eigenvalue weighted by atomic mass is 35.5. The van der Waals surface area contributed by atoms with E-state index in [1.54, 1.807) is 4.68 Å². The van der Waals surface area contributed by atoms with Crippen LogP contribution in [0.25, 0.3) is 16.7 Å². The molecule has 4 aromatic rings. The van der Waals surface area contributed by atoms with Crippen molar-refractivity contribution in [3.63, 3.8) is 0 Å².